The Labute approximate surface area is 163 Å². The molecule has 0 radical (unpaired) electrons. The predicted molar refractivity (Wildman–Crippen MR) is 107 cm³/mol. The van der Waals surface area contributed by atoms with Gasteiger partial charge in [0.2, 0.25) is 11.1 Å². The van der Waals surface area contributed by atoms with Gasteiger partial charge in [0.15, 0.2) is 0 Å². The third-order valence-electron chi connectivity index (χ3n) is 3.47. The molecule has 8 heteroatoms. The maximum Gasteiger partial charge on any atom is 0.234 e. The first kappa shape index (κ1) is 17.9. The van der Waals surface area contributed by atoms with Crippen LogP contribution < -0.4 is 5.32 Å². The molecule has 128 valence electrons. The van der Waals surface area contributed by atoms with Crippen molar-refractivity contribution < 1.29 is 4.79 Å². The number of aryl methyl sites for hydroxylation is 1. The van der Waals surface area contributed by atoms with Crippen LogP contribution in [-0.2, 0) is 11.3 Å². The molecule has 3 rings (SSSR count). The minimum absolute atomic E-state index is 0.0800. The number of nitrogens with one attached hydrogen (secondary N) is 1. The number of tetrazole rings is 1. The van der Waals surface area contributed by atoms with Gasteiger partial charge in [-0.2, -0.15) is 0 Å². The molecular weight excluding hydrogens is 449 g/mol. The molecule has 0 fully saturated rings. The highest BCUT2D eigenvalue weighted by atomic mass is 127. The third kappa shape index (κ3) is 5.02. The monoisotopic (exact) mass is 465 g/mol. The van der Waals surface area contributed by atoms with Crippen molar-refractivity contribution >= 4 is 45.9 Å². The van der Waals surface area contributed by atoms with Gasteiger partial charge in [0.25, 0.3) is 0 Å². The molecule has 6 nitrogen and oxygen atoms in total. The molecule has 1 aromatic heterocycles. The number of rotatable bonds is 6. The van der Waals surface area contributed by atoms with Gasteiger partial charge in [-0.1, -0.05) is 42.1 Å². The number of carbonyl (C=O) groups excluding carboxylic acids is 1. The van der Waals surface area contributed by atoms with E-state index in [1.54, 1.807) is 4.68 Å². The van der Waals surface area contributed by atoms with Crippen LogP contribution in [0.25, 0.3) is 0 Å². The van der Waals surface area contributed by atoms with Crippen LogP contribution >= 0.6 is 34.4 Å². The molecule has 1 heterocycles. The Balaban J connectivity index is 1.58. The Hall–Kier alpha value is -1.94. The highest BCUT2D eigenvalue weighted by Gasteiger charge is 2.11. The number of benzene rings is 2. The summed E-state index contributed by atoms with van der Waals surface area (Å²) in [5.41, 5.74) is 2.98. The molecule has 0 bridgehead atoms. The summed E-state index contributed by atoms with van der Waals surface area (Å²) < 4.78 is 2.84. The molecule has 3 aromatic rings. The summed E-state index contributed by atoms with van der Waals surface area (Å²) in [4.78, 5) is 12.2. The van der Waals surface area contributed by atoms with Gasteiger partial charge in [-0.3, -0.25) is 4.79 Å². The van der Waals surface area contributed by atoms with E-state index >= 15 is 0 Å². The zero-order chi connectivity index (χ0) is 17.6. The fourth-order valence-corrected chi connectivity index (χ4v) is 3.56. The van der Waals surface area contributed by atoms with E-state index in [4.69, 9.17) is 0 Å². The van der Waals surface area contributed by atoms with Crippen LogP contribution in [0.3, 0.4) is 0 Å². The van der Waals surface area contributed by atoms with Crippen LogP contribution in [-0.4, -0.2) is 31.9 Å². The second-order valence-electron chi connectivity index (χ2n) is 5.40. The lowest BCUT2D eigenvalue weighted by Gasteiger charge is -2.08. The van der Waals surface area contributed by atoms with E-state index in [2.05, 4.69) is 43.4 Å². The topological polar surface area (TPSA) is 72.7 Å². The lowest BCUT2D eigenvalue weighted by Crippen LogP contribution is -2.15. The first-order chi connectivity index (χ1) is 12.1. The normalized spacial score (nSPS) is 10.6. The quantitative estimate of drug-likeness (QED) is 0.447. The average Bonchev–Trinajstić information content (AvgIpc) is 3.03. The lowest BCUT2D eigenvalue weighted by atomic mass is 10.2. The number of hydrogen-bond donors (Lipinski definition) is 1. The van der Waals surface area contributed by atoms with Crippen LogP contribution in [0, 0.1) is 10.5 Å². The summed E-state index contributed by atoms with van der Waals surface area (Å²) in [6, 6.07) is 15.9. The van der Waals surface area contributed by atoms with Crippen LogP contribution in [0.4, 0.5) is 5.69 Å². The largest absolute Gasteiger partial charge is 0.325 e. The lowest BCUT2D eigenvalue weighted by molar-refractivity contribution is -0.113. The van der Waals surface area contributed by atoms with Crippen LogP contribution in [0.2, 0.25) is 0 Å². The minimum Gasteiger partial charge on any atom is -0.325 e. The number of anilines is 1. The van der Waals surface area contributed by atoms with Crippen LogP contribution in [0.15, 0.2) is 53.7 Å². The molecule has 0 unspecified atom stereocenters. The van der Waals surface area contributed by atoms with Gasteiger partial charge in [0.1, 0.15) is 0 Å². The predicted octanol–water partition coefficient (Wildman–Crippen LogP) is 3.37. The van der Waals surface area contributed by atoms with E-state index in [1.165, 1.54) is 11.8 Å². The summed E-state index contributed by atoms with van der Waals surface area (Å²) >= 11 is 3.57. The first-order valence-corrected chi connectivity index (χ1v) is 9.67. The smallest absolute Gasteiger partial charge is 0.234 e. The van der Waals surface area contributed by atoms with E-state index in [-0.39, 0.29) is 11.7 Å². The molecular formula is C17H16IN5OS. The second kappa shape index (κ2) is 8.43. The number of aromatic nitrogens is 4. The summed E-state index contributed by atoms with van der Waals surface area (Å²) in [6.07, 6.45) is 0. The Morgan fingerprint density at radius 2 is 2.04 bits per heavy atom. The molecule has 0 aliphatic heterocycles. The second-order valence-corrected chi connectivity index (χ2v) is 7.59. The van der Waals surface area contributed by atoms with Gasteiger partial charge in [-0.05, 0) is 69.3 Å². The molecule has 1 N–H and O–H groups in total. The SMILES string of the molecule is Cc1cc(I)ccc1NC(=O)CSc1nnnn1Cc1ccccc1. The first-order valence-electron chi connectivity index (χ1n) is 7.61. The zero-order valence-corrected chi connectivity index (χ0v) is 16.5. The summed E-state index contributed by atoms with van der Waals surface area (Å²) in [7, 11) is 0. The third-order valence-corrected chi connectivity index (χ3v) is 5.10. The van der Waals surface area contributed by atoms with Gasteiger partial charge < -0.3 is 5.32 Å². The van der Waals surface area contributed by atoms with Crippen molar-refractivity contribution in [2.75, 3.05) is 11.1 Å². The van der Waals surface area contributed by atoms with Crippen molar-refractivity contribution in [3.05, 3.63) is 63.2 Å². The van der Waals surface area contributed by atoms with Crippen molar-refractivity contribution in [1.29, 1.82) is 0 Å². The van der Waals surface area contributed by atoms with E-state index in [9.17, 15) is 4.79 Å². The van der Waals surface area contributed by atoms with Gasteiger partial charge in [0, 0.05) is 9.26 Å². The van der Waals surface area contributed by atoms with Crippen molar-refractivity contribution in [2.24, 2.45) is 0 Å². The number of thioether (sulfide) groups is 1. The molecule has 1 amide bonds. The highest BCUT2D eigenvalue weighted by Crippen LogP contribution is 2.19. The van der Waals surface area contributed by atoms with Gasteiger partial charge in [-0.25, -0.2) is 4.68 Å². The van der Waals surface area contributed by atoms with Crippen LogP contribution in [0.1, 0.15) is 11.1 Å². The Bertz CT molecular complexity index is 868. The molecule has 0 atom stereocenters. The Morgan fingerprint density at radius 1 is 1.24 bits per heavy atom. The Morgan fingerprint density at radius 3 is 2.80 bits per heavy atom. The van der Waals surface area contributed by atoms with Crippen LogP contribution in [0.5, 0.6) is 0 Å². The minimum atomic E-state index is -0.0800. The standard InChI is InChI=1S/C17H16IN5OS/c1-12-9-14(18)7-8-15(12)19-16(24)11-25-17-20-21-22-23(17)10-13-5-3-2-4-6-13/h2-9H,10-11H2,1H3,(H,19,24). The number of hydrogen-bond acceptors (Lipinski definition) is 5. The van der Waals surface area contributed by atoms with E-state index in [0.29, 0.717) is 11.7 Å². The summed E-state index contributed by atoms with van der Waals surface area (Å²) in [6.45, 7) is 2.55. The van der Waals surface area contributed by atoms with Crippen molar-refractivity contribution in [3.63, 3.8) is 0 Å². The molecule has 0 saturated carbocycles. The van der Waals surface area contributed by atoms with E-state index in [1.807, 2.05) is 55.5 Å². The van der Waals surface area contributed by atoms with Crippen molar-refractivity contribution in [3.8, 4) is 0 Å². The molecule has 0 aliphatic carbocycles. The van der Waals surface area contributed by atoms with Gasteiger partial charge >= 0.3 is 0 Å². The molecule has 0 saturated heterocycles. The molecule has 2 aromatic carbocycles. The molecule has 0 spiro atoms. The van der Waals surface area contributed by atoms with Crippen molar-refractivity contribution in [2.45, 2.75) is 18.6 Å². The molecule has 25 heavy (non-hydrogen) atoms. The fraction of sp³-hybridized carbons (Fsp3) is 0.176. The summed E-state index contributed by atoms with van der Waals surface area (Å²) in [5, 5.41) is 15.3. The van der Waals surface area contributed by atoms with E-state index in [0.717, 1.165) is 20.4 Å². The van der Waals surface area contributed by atoms with Crippen molar-refractivity contribution in [1.82, 2.24) is 20.2 Å². The number of nitrogens with zero attached hydrogens (tertiary/aromatic N) is 4. The number of carbonyl (C=O) groups is 1. The average molecular weight is 465 g/mol. The maximum atomic E-state index is 12.2. The molecule has 0 aliphatic rings. The summed E-state index contributed by atoms with van der Waals surface area (Å²) in [5.74, 6) is 0.171. The van der Waals surface area contributed by atoms with E-state index < -0.39 is 0 Å². The van der Waals surface area contributed by atoms with Gasteiger partial charge in [-0.15, -0.1) is 5.10 Å². The number of amides is 1. The highest BCUT2D eigenvalue weighted by molar-refractivity contribution is 14.1. The number of halogens is 1. The van der Waals surface area contributed by atoms with Gasteiger partial charge in [0.05, 0.1) is 12.3 Å². The fourth-order valence-electron chi connectivity index (χ4n) is 2.24. The maximum absolute atomic E-state index is 12.2. The zero-order valence-electron chi connectivity index (χ0n) is 13.5. The Kier molecular flexibility index (Phi) is 6.03.